The minimum atomic E-state index is -4.46. The molecule has 0 spiro atoms. The summed E-state index contributed by atoms with van der Waals surface area (Å²) in [5.41, 5.74) is -0.377. The molecule has 1 aromatic rings. The maximum atomic E-state index is 13.1. The number of hydrogen-bond donors (Lipinski definition) is 0. The van der Waals surface area contributed by atoms with Gasteiger partial charge in [-0.3, -0.25) is 9.63 Å². The molecule has 1 amide bonds. The van der Waals surface area contributed by atoms with Crippen LogP contribution < -0.4 is 4.74 Å². The summed E-state index contributed by atoms with van der Waals surface area (Å²) < 4.78 is 49.6. The third kappa shape index (κ3) is 4.43. The molecule has 0 aliphatic heterocycles. The van der Waals surface area contributed by atoms with Crippen molar-refractivity contribution in [1.82, 2.24) is 5.06 Å². The molecule has 0 heterocycles. The molecule has 5 nitrogen and oxygen atoms in total. The number of ether oxygens (including phenoxy) is 2. The highest BCUT2D eigenvalue weighted by atomic mass is 19.4. The number of hydrogen-bond acceptors (Lipinski definition) is 4. The molecule has 1 fully saturated rings. The largest absolute Gasteiger partial charge is 0.467 e. The van der Waals surface area contributed by atoms with Crippen molar-refractivity contribution in [3.05, 3.63) is 29.3 Å². The minimum Gasteiger partial charge on any atom is -0.467 e. The van der Waals surface area contributed by atoms with E-state index < -0.39 is 17.7 Å². The fourth-order valence-corrected chi connectivity index (χ4v) is 3.22. The topological polar surface area (TPSA) is 48.0 Å². The number of nitrogens with zero attached hydrogens (tertiary/aromatic N) is 1. The standard InChI is InChI=1S/C17H22F3NO4/c1-21(24-3)16(22)13-6-4-5-12(13)14-9-11(17(18,19)20)7-8-15(14)25-10-23-2/h7-9,12-13H,4-6,10H2,1-3H3/t12-,13+/m1/s1. The molecule has 8 heteroatoms. The van der Waals surface area contributed by atoms with Crippen molar-refractivity contribution in [2.45, 2.75) is 31.4 Å². The third-order valence-corrected chi connectivity index (χ3v) is 4.49. The first-order valence-electron chi connectivity index (χ1n) is 7.94. The van der Waals surface area contributed by atoms with Gasteiger partial charge < -0.3 is 9.47 Å². The van der Waals surface area contributed by atoms with Crippen molar-refractivity contribution in [3.8, 4) is 5.75 Å². The quantitative estimate of drug-likeness (QED) is 0.574. The van der Waals surface area contributed by atoms with Crippen LogP contribution in [0.4, 0.5) is 13.2 Å². The van der Waals surface area contributed by atoms with Gasteiger partial charge in [-0.25, -0.2) is 5.06 Å². The van der Waals surface area contributed by atoms with Gasteiger partial charge in [0.15, 0.2) is 6.79 Å². The Morgan fingerprint density at radius 2 is 2.00 bits per heavy atom. The lowest BCUT2D eigenvalue weighted by Crippen LogP contribution is -2.33. The van der Waals surface area contributed by atoms with Gasteiger partial charge in [-0.2, -0.15) is 13.2 Å². The van der Waals surface area contributed by atoms with Crippen LogP contribution in [0.25, 0.3) is 0 Å². The first kappa shape index (κ1) is 19.5. The van der Waals surface area contributed by atoms with E-state index in [1.807, 2.05) is 0 Å². The number of halogens is 3. The van der Waals surface area contributed by atoms with E-state index in [0.29, 0.717) is 24.2 Å². The van der Waals surface area contributed by atoms with Crippen molar-refractivity contribution in [3.63, 3.8) is 0 Å². The summed E-state index contributed by atoms with van der Waals surface area (Å²) in [6, 6.07) is 3.34. The molecule has 0 bridgehead atoms. The molecule has 140 valence electrons. The molecule has 1 aliphatic carbocycles. The van der Waals surface area contributed by atoms with E-state index in [1.54, 1.807) is 0 Å². The number of carbonyl (C=O) groups excluding carboxylic acids is 1. The van der Waals surface area contributed by atoms with Gasteiger partial charge in [0, 0.05) is 20.1 Å². The molecule has 1 saturated carbocycles. The van der Waals surface area contributed by atoms with E-state index in [0.717, 1.165) is 23.6 Å². The van der Waals surface area contributed by atoms with Crippen LogP contribution in [-0.2, 0) is 20.5 Å². The first-order valence-corrected chi connectivity index (χ1v) is 7.94. The highest BCUT2D eigenvalue weighted by Gasteiger charge is 2.39. The van der Waals surface area contributed by atoms with Gasteiger partial charge in [0.2, 0.25) is 5.91 Å². The van der Waals surface area contributed by atoms with Gasteiger partial charge in [0.1, 0.15) is 5.75 Å². The summed E-state index contributed by atoms with van der Waals surface area (Å²) in [5, 5.41) is 1.12. The van der Waals surface area contributed by atoms with Crippen molar-refractivity contribution in [2.24, 2.45) is 5.92 Å². The molecule has 0 radical (unpaired) electrons. The average molecular weight is 361 g/mol. The minimum absolute atomic E-state index is 0.0817. The van der Waals surface area contributed by atoms with E-state index in [1.165, 1.54) is 27.3 Å². The van der Waals surface area contributed by atoms with Crippen molar-refractivity contribution < 1.29 is 32.3 Å². The average Bonchev–Trinajstić information content (AvgIpc) is 3.06. The lowest BCUT2D eigenvalue weighted by molar-refractivity contribution is -0.173. The first-order chi connectivity index (χ1) is 11.8. The predicted molar refractivity (Wildman–Crippen MR) is 83.8 cm³/mol. The highest BCUT2D eigenvalue weighted by Crippen LogP contribution is 2.45. The summed E-state index contributed by atoms with van der Waals surface area (Å²) in [5.74, 6) is -0.752. The Labute approximate surface area is 144 Å². The molecule has 0 N–H and O–H groups in total. The van der Waals surface area contributed by atoms with Gasteiger partial charge in [0.25, 0.3) is 0 Å². The Hall–Kier alpha value is -1.80. The SMILES string of the molecule is COCOc1ccc(C(F)(F)F)cc1[C@@H]1CCC[C@@H]1C(=O)N(C)OC. The zero-order valence-corrected chi connectivity index (χ0v) is 14.4. The van der Waals surface area contributed by atoms with E-state index in [2.05, 4.69) is 0 Å². The third-order valence-electron chi connectivity index (χ3n) is 4.49. The molecule has 2 atom stereocenters. The van der Waals surface area contributed by atoms with Crippen molar-refractivity contribution in [1.29, 1.82) is 0 Å². The fraction of sp³-hybridized carbons (Fsp3) is 0.588. The summed E-state index contributed by atoms with van der Waals surface area (Å²) in [6.45, 7) is -0.0817. The van der Waals surface area contributed by atoms with Gasteiger partial charge in [-0.05, 0) is 42.5 Å². The maximum absolute atomic E-state index is 13.1. The number of hydroxylamine groups is 2. The van der Waals surface area contributed by atoms with Crippen molar-refractivity contribution in [2.75, 3.05) is 28.1 Å². The summed E-state index contributed by atoms with van der Waals surface area (Å²) in [7, 11) is 4.30. The zero-order valence-electron chi connectivity index (χ0n) is 14.4. The Kier molecular flexibility index (Phi) is 6.29. The van der Waals surface area contributed by atoms with Crippen LogP contribution in [0.5, 0.6) is 5.75 Å². The van der Waals surface area contributed by atoms with E-state index in [9.17, 15) is 18.0 Å². The van der Waals surface area contributed by atoms with E-state index >= 15 is 0 Å². The number of rotatable bonds is 6. The fourth-order valence-electron chi connectivity index (χ4n) is 3.22. The second-order valence-corrected chi connectivity index (χ2v) is 5.96. The van der Waals surface area contributed by atoms with Gasteiger partial charge in [-0.15, -0.1) is 0 Å². The molecule has 0 unspecified atom stereocenters. The number of alkyl halides is 3. The lowest BCUT2D eigenvalue weighted by atomic mass is 9.86. The van der Waals surface area contributed by atoms with E-state index in [4.69, 9.17) is 14.3 Å². The van der Waals surface area contributed by atoms with Crippen LogP contribution in [-0.4, -0.2) is 39.0 Å². The number of amides is 1. The lowest BCUT2D eigenvalue weighted by Gasteiger charge is -2.25. The van der Waals surface area contributed by atoms with Gasteiger partial charge in [-0.1, -0.05) is 6.42 Å². The second kappa shape index (κ2) is 8.05. The summed E-state index contributed by atoms with van der Waals surface area (Å²) >= 11 is 0. The molecule has 0 aromatic heterocycles. The van der Waals surface area contributed by atoms with Crippen LogP contribution in [0.3, 0.4) is 0 Å². The summed E-state index contributed by atoms with van der Waals surface area (Å²) in [6.07, 6.45) is -2.51. The van der Waals surface area contributed by atoms with Crippen LogP contribution in [0.1, 0.15) is 36.3 Å². The Morgan fingerprint density at radius 1 is 1.28 bits per heavy atom. The second-order valence-electron chi connectivity index (χ2n) is 5.96. The molecule has 0 saturated heterocycles. The number of methoxy groups -OCH3 is 1. The van der Waals surface area contributed by atoms with Crippen LogP contribution in [0.2, 0.25) is 0 Å². The predicted octanol–water partition coefficient (Wildman–Crippen LogP) is 3.59. The number of carbonyl (C=O) groups is 1. The number of benzene rings is 1. The van der Waals surface area contributed by atoms with Crippen molar-refractivity contribution >= 4 is 5.91 Å². The molecular weight excluding hydrogens is 339 g/mol. The normalized spacial score (nSPS) is 20.6. The Balaban J connectivity index is 2.40. The van der Waals surface area contributed by atoms with Crippen LogP contribution in [0.15, 0.2) is 18.2 Å². The van der Waals surface area contributed by atoms with Crippen LogP contribution >= 0.6 is 0 Å². The smallest absolute Gasteiger partial charge is 0.416 e. The Morgan fingerprint density at radius 3 is 2.60 bits per heavy atom. The molecule has 2 rings (SSSR count). The molecular formula is C17H22F3NO4. The monoisotopic (exact) mass is 361 g/mol. The van der Waals surface area contributed by atoms with Crippen LogP contribution in [0, 0.1) is 5.92 Å². The Bertz CT molecular complexity index is 606. The molecule has 1 aliphatic rings. The maximum Gasteiger partial charge on any atom is 0.416 e. The summed E-state index contributed by atoms with van der Waals surface area (Å²) in [4.78, 5) is 17.4. The molecule has 1 aromatic carbocycles. The van der Waals surface area contributed by atoms with Gasteiger partial charge >= 0.3 is 6.18 Å². The van der Waals surface area contributed by atoms with Gasteiger partial charge in [0.05, 0.1) is 12.7 Å². The zero-order chi connectivity index (χ0) is 18.6. The highest BCUT2D eigenvalue weighted by molar-refractivity contribution is 5.79. The molecule has 25 heavy (non-hydrogen) atoms. The van der Waals surface area contributed by atoms with E-state index in [-0.39, 0.29) is 18.6 Å².